The largest absolute Gasteiger partial charge is 0.480 e. The van der Waals surface area contributed by atoms with E-state index in [1.54, 1.807) is 55.0 Å². The van der Waals surface area contributed by atoms with E-state index in [-0.39, 0.29) is 72.5 Å². The van der Waals surface area contributed by atoms with Gasteiger partial charge in [0.25, 0.3) is 0 Å². The first-order chi connectivity index (χ1) is 36.1. The van der Waals surface area contributed by atoms with Crippen LogP contribution < -0.4 is 26.6 Å². The summed E-state index contributed by atoms with van der Waals surface area (Å²) in [6, 6.07) is 13.0. The number of benzene rings is 2. The molecule has 1 heterocycles. The van der Waals surface area contributed by atoms with Gasteiger partial charge in [-0.3, -0.25) is 19.2 Å². The monoisotopic (exact) mass is 1080 g/mol. The Hall–Kier alpha value is -5.14. The average Bonchev–Trinajstić information content (AvgIpc) is 3.87. The number of nitrogens with zero attached hydrogens (tertiary/aromatic N) is 3. The number of anilines is 1. The number of rotatable bonds is 31. The van der Waals surface area contributed by atoms with Gasteiger partial charge in [-0.1, -0.05) is 111 Å². The average molecular weight is 1080 g/mol. The predicted octanol–water partition coefficient (Wildman–Crippen LogP) is 6.96. The number of amides is 5. The number of likely N-dealkylation sites (N-methyl/N-ethyl adjacent to an activating group) is 2. The molecule has 18 heteroatoms. The highest BCUT2D eigenvalue weighted by atomic mass is 16.6. The molecule has 0 aliphatic carbocycles. The van der Waals surface area contributed by atoms with Gasteiger partial charge in [0.1, 0.15) is 12.6 Å². The number of methoxy groups -OCH3 is 2. The van der Waals surface area contributed by atoms with Crippen molar-refractivity contribution in [3.05, 3.63) is 65.7 Å². The number of carbonyl (C=O) groups is 6. The maximum atomic E-state index is 14.7. The summed E-state index contributed by atoms with van der Waals surface area (Å²) in [5.41, 5.74) is 2.11. The molecule has 2 aromatic carbocycles. The van der Waals surface area contributed by atoms with Gasteiger partial charge in [-0.15, -0.1) is 0 Å². The predicted molar refractivity (Wildman–Crippen MR) is 303 cm³/mol. The molecule has 1 aliphatic heterocycles. The van der Waals surface area contributed by atoms with E-state index in [2.05, 4.69) is 61.2 Å². The number of carboxylic acid groups (broad SMARTS) is 1. The fraction of sp³-hybridized carbons (Fsp3) is 0.695. The Balaban J connectivity index is 1.65. The maximum absolute atomic E-state index is 14.7. The van der Waals surface area contributed by atoms with Crippen LogP contribution in [0.25, 0.3) is 0 Å². The van der Waals surface area contributed by atoms with Crippen LogP contribution >= 0.6 is 0 Å². The zero-order valence-electron chi connectivity index (χ0n) is 49.6. The Morgan fingerprint density at radius 3 is 1.95 bits per heavy atom. The Morgan fingerprint density at radius 2 is 1.42 bits per heavy atom. The number of aliphatic carboxylic acids is 1. The van der Waals surface area contributed by atoms with Crippen molar-refractivity contribution < 1.29 is 48.1 Å². The minimum absolute atomic E-state index is 0.00554. The van der Waals surface area contributed by atoms with Crippen LogP contribution in [0.4, 0.5) is 10.5 Å². The topological polar surface area (TPSA) is 220 Å². The van der Waals surface area contributed by atoms with E-state index in [9.17, 15) is 33.9 Å². The van der Waals surface area contributed by atoms with Crippen LogP contribution in [0, 0.1) is 29.6 Å². The molecule has 0 aromatic heterocycles. The molecule has 2 aromatic rings. The lowest BCUT2D eigenvalue weighted by molar-refractivity contribution is -0.147. The highest BCUT2D eigenvalue weighted by Crippen LogP contribution is 2.30. The van der Waals surface area contributed by atoms with Gasteiger partial charge in [-0.05, 0) is 87.5 Å². The van der Waals surface area contributed by atoms with E-state index in [1.807, 2.05) is 90.9 Å². The molecule has 1 saturated heterocycles. The third-order valence-corrected chi connectivity index (χ3v) is 15.2. The lowest BCUT2D eigenvalue weighted by Gasteiger charge is -2.41. The van der Waals surface area contributed by atoms with Gasteiger partial charge in [-0.25, -0.2) is 9.59 Å². The van der Waals surface area contributed by atoms with E-state index in [1.165, 1.54) is 7.11 Å². The second-order valence-corrected chi connectivity index (χ2v) is 23.3. The first-order valence-electron chi connectivity index (χ1n) is 27.9. The molecule has 0 spiro atoms. The SMILES string of the molecule is CC[C@H](C)[C@@H]([C@@H](CC(=O)N1CCC[C@H]1[C@H](OC)[C@@H](C)C(=O)N[C@@H](Cc1ccccc1)C(=O)O)OC)N(C)C(=O)[C@@H](NC[C@H](C(C)C)N(C)C(=O)OCc1ccc(NC(=O)[C@H](C)NC[C@@H](NC(C)(C)C)C(C)C)cc1)C(C)C. The number of ether oxygens (including phenoxy) is 3. The van der Waals surface area contributed by atoms with Gasteiger partial charge >= 0.3 is 12.1 Å². The third kappa shape index (κ3) is 20.2. The summed E-state index contributed by atoms with van der Waals surface area (Å²) in [5.74, 6) is -2.74. The third-order valence-electron chi connectivity index (χ3n) is 15.2. The van der Waals surface area contributed by atoms with Crippen molar-refractivity contribution in [2.24, 2.45) is 29.6 Å². The summed E-state index contributed by atoms with van der Waals surface area (Å²) >= 11 is 0. The van der Waals surface area contributed by atoms with Gasteiger partial charge in [-0.2, -0.15) is 0 Å². The molecule has 6 N–H and O–H groups in total. The molecule has 77 heavy (non-hydrogen) atoms. The molecule has 18 nitrogen and oxygen atoms in total. The lowest BCUT2D eigenvalue weighted by Crippen LogP contribution is -2.58. The van der Waals surface area contributed by atoms with E-state index >= 15 is 0 Å². The first-order valence-corrected chi connectivity index (χ1v) is 27.9. The summed E-state index contributed by atoms with van der Waals surface area (Å²) in [6.45, 7) is 27.7. The van der Waals surface area contributed by atoms with Crippen LogP contribution in [0.5, 0.6) is 0 Å². The van der Waals surface area contributed by atoms with Crippen LogP contribution in [-0.4, -0.2) is 163 Å². The van der Waals surface area contributed by atoms with Gasteiger partial charge in [0.2, 0.25) is 23.6 Å². The van der Waals surface area contributed by atoms with Crippen LogP contribution in [-0.2, 0) is 51.2 Å². The minimum atomic E-state index is -1.15. The van der Waals surface area contributed by atoms with Crippen molar-refractivity contribution in [2.75, 3.05) is 53.3 Å². The normalized spacial score (nSPS) is 17.9. The first kappa shape index (κ1) is 66.1. The molecule has 0 bridgehead atoms. The van der Waals surface area contributed by atoms with Crippen LogP contribution in [0.2, 0.25) is 0 Å². The fourth-order valence-corrected chi connectivity index (χ4v) is 10.3. The van der Waals surface area contributed by atoms with Crippen molar-refractivity contribution >= 4 is 41.4 Å². The maximum Gasteiger partial charge on any atom is 0.410 e. The number of nitrogens with one attached hydrogen (secondary N) is 5. The number of hydrogen-bond acceptors (Lipinski definition) is 12. The second kappa shape index (κ2) is 31.5. The number of hydrogen-bond donors (Lipinski definition) is 6. The second-order valence-electron chi connectivity index (χ2n) is 23.3. The van der Waals surface area contributed by atoms with Crippen molar-refractivity contribution in [3.63, 3.8) is 0 Å². The van der Waals surface area contributed by atoms with Gasteiger partial charge < -0.3 is 60.6 Å². The zero-order valence-corrected chi connectivity index (χ0v) is 49.6. The molecule has 0 radical (unpaired) electrons. The molecule has 11 atom stereocenters. The smallest absolute Gasteiger partial charge is 0.410 e. The molecule has 1 aliphatic rings. The molecule has 0 unspecified atom stereocenters. The highest BCUT2D eigenvalue weighted by molar-refractivity contribution is 5.94. The van der Waals surface area contributed by atoms with Gasteiger partial charge in [0.05, 0.1) is 48.7 Å². The van der Waals surface area contributed by atoms with Gasteiger partial charge in [0, 0.05) is 77.7 Å². The molecule has 434 valence electrons. The van der Waals surface area contributed by atoms with E-state index in [0.29, 0.717) is 50.5 Å². The summed E-state index contributed by atoms with van der Waals surface area (Å²) in [6.07, 6.45) is 0.182. The lowest BCUT2D eigenvalue weighted by atomic mass is 9.89. The van der Waals surface area contributed by atoms with E-state index < -0.39 is 66.3 Å². The molecule has 5 amide bonds. The molecular weight excluding hydrogens is 981 g/mol. The molecule has 0 saturated carbocycles. The Bertz CT molecular complexity index is 2150. The minimum Gasteiger partial charge on any atom is -0.480 e. The number of likely N-dealkylation sites (tertiary alicyclic amines) is 1. The Kier molecular flexibility index (Phi) is 27.0. The van der Waals surface area contributed by atoms with Gasteiger partial charge in [0.15, 0.2) is 0 Å². The van der Waals surface area contributed by atoms with Crippen LogP contribution in [0.3, 0.4) is 0 Å². The van der Waals surface area contributed by atoms with Crippen LogP contribution in [0.15, 0.2) is 54.6 Å². The summed E-state index contributed by atoms with van der Waals surface area (Å²) in [5, 5.41) is 26.1. The summed E-state index contributed by atoms with van der Waals surface area (Å²) in [4.78, 5) is 86.7. The Morgan fingerprint density at radius 1 is 0.779 bits per heavy atom. The standard InChI is InChI=1S/C59H98N8O10/c1-18-39(8)52(49(75-16)32-50(68)67-30-22-25-47(67)53(76-17)40(9)54(69)63-45(57(72)73)31-42-23-20-19-21-24-42)66(15)56(71)51(38(6)7)61-34-48(37(4)5)65(14)58(74)77-35-43-26-28-44(29-27-43)62-55(70)41(10)60-33-46(36(2)3)64-59(11,12)13/h19-21,23-24,26-29,36-41,45-49,51-53,60-61,64H,18,22,25,30-35H2,1-17H3,(H,62,70)(H,63,69)(H,72,73)/t39-,40+,41-,45-,46+,47-,48+,49+,51-,52-,53+/m0/s1. The van der Waals surface area contributed by atoms with Crippen molar-refractivity contribution in [1.29, 1.82) is 0 Å². The summed E-state index contributed by atoms with van der Waals surface area (Å²) < 4.78 is 17.8. The van der Waals surface area contributed by atoms with E-state index in [4.69, 9.17) is 14.2 Å². The van der Waals surface area contributed by atoms with E-state index in [0.717, 1.165) is 11.1 Å². The Labute approximate surface area is 461 Å². The highest BCUT2D eigenvalue weighted by Gasteiger charge is 2.43. The zero-order chi connectivity index (χ0) is 57.9. The van der Waals surface area contributed by atoms with Crippen LogP contribution in [0.1, 0.15) is 127 Å². The molecule has 1 fully saturated rings. The van der Waals surface area contributed by atoms with Crippen molar-refractivity contribution in [2.45, 2.75) is 189 Å². The van der Waals surface area contributed by atoms with Crippen molar-refractivity contribution in [3.8, 4) is 0 Å². The number of carboxylic acids is 1. The molecular formula is C59H98N8O10. The summed E-state index contributed by atoms with van der Waals surface area (Å²) in [7, 11) is 6.50. The fourth-order valence-electron chi connectivity index (χ4n) is 10.3. The number of carbonyl (C=O) groups excluding carboxylic acids is 5. The quantitative estimate of drug-likeness (QED) is 0.0451. The van der Waals surface area contributed by atoms with Crippen molar-refractivity contribution in [1.82, 2.24) is 36.0 Å². The molecule has 3 rings (SSSR count).